The molecule has 0 heterocycles. The van der Waals surface area contributed by atoms with Crippen molar-refractivity contribution in [2.24, 2.45) is 0 Å². The van der Waals surface area contributed by atoms with Crippen LogP contribution in [0.2, 0.25) is 0 Å². The molecule has 2 amide bonds. The average molecular weight is 624 g/mol. The molecule has 4 rings (SSSR count). The summed E-state index contributed by atoms with van der Waals surface area (Å²) in [6.07, 6.45) is 7.04. The molecule has 3 aromatic rings. The van der Waals surface area contributed by atoms with Crippen molar-refractivity contribution in [2.45, 2.75) is 74.4 Å². The molecule has 230 valence electrons. The maximum Gasteiger partial charge on any atom is 0.264 e. The maximum absolute atomic E-state index is 14.1. The number of nitrogens with one attached hydrogen (secondary N) is 1. The summed E-state index contributed by atoms with van der Waals surface area (Å²) in [7, 11) is -2.53. The summed E-state index contributed by atoms with van der Waals surface area (Å²) in [5, 5.41) is 3.13. The van der Waals surface area contributed by atoms with Gasteiger partial charge >= 0.3 is 0 Å². The summed E-state index contributed by atoms with van der Waals surface area (Å²) in [6, 6.07) is 20.2. The predicted molar refractivity (Wildman–Crippen MR) is 172 cm³/mol. The Morgan fingerprint density at radius 3 is 2.16 bits per heavy atom. The zero-order chi connectivity index (χ0) is 31.0. The number of benzene rings is 3. The van der Waals surface area contributed by atoms with E-state index in [0.717, 1.165) is 52.4 Å². The van der Waals surface area contributed by atoms with Gasteiger partial charge in [0.1, 0.15) is 18.3 Å². The fourth-order valence-corrected chi connectivity index (χ4v) is 7.02. The Kier molecular flexibility index (Phi) is 11.2. The van der Waals surface area contributed by atoms with Gasteiger partial charge in [-0.25, -0.2) is 8.42 Å². The average Bonchev–Trinajstić information content (AvgIpc) is 3.03. The van der Waals surface area contributed by atoms with Crippen LogP contribution >= 0.6 is 11.8 Å². The van der Waals surface area contributed by atoms with E-state index in [-0.39, 0.29) is 23.4 Å². The minimum Gasteiger partial charge on any atom is -0.497 e. The van der Waals surface area contributed by atoms with Gasteiger partial charge in [-0.05, 0) is 87.0 Å². The second-order valence-electron chi connectivity index (χ2n) is 10.9. The van der Waals surface area contributed by atoms with E-state index in [4.69, 9.17) is 4.74 Å². The van der Waals surface area contributed by atoms with Crippen molar-refractivity contribution >= 4 is 39.3 Å². The number of anilines is 1. The van der Waals surface area contributed by atoms with Gasteiger partial charge in [0.15, 0.2) is 0 Å². The van der Waals surface area contributed by atoms with Crippen molar-refractivity contribution in [3.05, 3.63) is 83.9 Å². The van der Waals surface area contributed by atoms with Crippen molar-refractivity contribution < 1.29 is 22.7 Å². The van der Waals surface area contributed by atoms with Crippen molar-refractivity contribution in [1.29, 1.82) is 0 Å². The minimum absolute atomic E-state index is 0.0790. The normalized spacial score (nSPS) is 14.5. The smallest absolute Gasteiger partial charge is 0.264 e. The van der Waals surface area contributed by atoms with Crippen LogP contribution in [0.4, 0.5) is 5.69 Å². The number of rotatable bonds is 12. The van der Waals surface area contributed by atoms with Crippen LogP contribution in [0, 0.1) is 6.92 Å². The summed E-state index contributed by atoms with van der Waals surface area (Å²) < 4.78 is 34.5. The van der Waals surface area contributed by atoms with E-state index < -0.39 is 28.5 Å². The third-order valence-corrected chi connectivity index (χ3v) is 10.4. The molecule has 0 bridgehead atoms. The van der Waals surface area contributed by atoms with Crippen LogP contribution in [0.15, 0.2) is 82.6 Å². The van der Waals surface area contributed by atoms with Gasteiger partial charge in [0.2, 0.25) is 11.8 Å². The first-order chi connectivity index (χ1) is 20.6. The number of amides is 2. The third-order valence-electron chi connectivity index (χ3n) is 7.88. The van der Waals surface area contributed by atoms with Gasteiger partial charge in [0.25, 0.3) is 10.0 Å². The molecule has 1 atom stereocenters. The Balaban J connectivity index is 1.67. The number of thioether (sulfide) groups is 1. The standard InChI is InChI=1S/C33H41N3O5S2/c1-24-10-14-28(15-11-24)36(43(39,40)31-20-18-30(42-4)19-21-31)23-32(37)35(22-26-12-16-29(41-3)17-13-26)25(2)33(38)34-27-8-6-5-7-9-27/h10-21,25,27H,5-9,22-23H2,1-4H3,(H,34,38)/t25-/m1/s1. The molecule has 8 nitrogen and oxygen atoms in total. The lowest BCUT2D eigenvalue weighted by molar-refractivity contribution is -0.139. The Hall–Kier alpha value is -3.50. The third kappa shape index (κ3) is 8.32. The monoisotopic (exact) mass is 623 g/mol. The van der Waals surface area contributed by atoms with Crippen molar-refractivity contribution in [3.8, 4) is 5.75 Å². The number of carbonyl (C=O) groups is 2. The molecule has 1 aliphatic carbocycles. The van der Waals surface area contributed by atoms with Gasteiger partial charge in [-0.2, -0.15) is 0 Å². The molecule has 0 unspecified atom stereocenters. The van der Waals surface area contributed by atoms with E-state index in [1.165, 1.54) is 16.7 Å². The highest BCUT2D eigenvalue weighted by atomic mass is 32.2. The second-order valence-corrected chi connectivity index (χ2v) is 13.7. The zero-order valence-electron chi connectivity index (χ0n) is 25.3. The second kappa shape index (κ2) is 14.8. The molecular weight excluding hydrogens is 583 g/mol. The highest BCUT2D eigenvalue weighted by molar-refractivity contribution is 7.98. The molecule has 1 N–H and O–H groups in total. The predicted octanol–water partition coefficient (Wildman–Crippen LogP) is 5.79. The summed E-state index contributed by atoms with van der Waals surface area (Å²) in [5.41, 5.74) is 2.13. The number of nitrogens with zero attached hydrogens (tertiary/aromatic N) is 2. The Labute approximate surface area is 259 Å². The summed E-state index contributed by atoms with van der Waals surface area (Å²) in [5.74, 6) is -0.0491. The van der Waals surface area contributed by atoms with Crippen LogP contribution < -0.4 is 14.4 Å². The maximum atomic E-state index is 14.1. The first-order valence-electron chi connectivity index (χ1n) is 14.6. The van der Waals surface area contributed by atoms with Crippen LogP contribution in [-0.4, -0.2) is 57.1 Å². The first kappa shape index (κ1) is 32.4. The lowest BCUT2D eigenvalue weighted by Gasteiger charge is -2.33. The molecule has 0 aliphatic heterocycles. The number of hydrogen-bond acceptors (Lipinski definition) is 6. The number of carbonyl (C=O) groups excluding carboxylic acids is 2. The van der Waals surface area contributed by atoms with Crippen molar-refractivity contribution in [1.82, 2.24) is 10.2 Å². The molecule has 1 aliphatic rings. The van der Waals surface area contributed by atoms with Crippen LogP contribution in [0.5, 0.6) is 5.75 Å². The highest BCUT2D eigenvalue weighted by Crippen LogP contribution is 2.27. The van der Waals surface area contributed by atoms with Gasteiger partial charge in [-0.15, -0.1) is 11.8 Å². The van der Waals surface area contributed by atoms with Crippen LogP contribution in [-0.2, 0) is 26.2 Å². The molecule has 0 radical (unpaired) electrons. The van der Waals surface area contributed by atoms with E-state index in [0.29, 0.717) is 11.4 Å². The Bertz CT molecular complexity index is 1470. The van der Waals surface area contributed by atoms with E-state index in [1.54, 1.807) is 62.6 Å². The van der Waals surface area contributed by atoms with Gasteiger partial charge in [0, 0.05) is 17.5 Å². The number of hydrogen-bond donors (Lipinski definition) is 1. The fraction of sp³-hybridized carbons (Fsp3) is 0.394. The lowest BCUT2D eigenvalue weighted by atomic mass is 9.95. The van der Waals surface area contributed by atoms with Gasteiger partial charge in [0.05, 0.1) is 17.7 Å². The summed E-state index contributed by atoms with van der Waals surface area (Å²) in [6.45, 7) is 3.28. The molecule has 10 heteroatoms. The quantitative estimate of drug-likeness (QED) is 0.257. The summed E-state index contributed by atoms with van der Waals surface area (Å²) in [4.78, 5) is 30.1. The topological polar surface area (TPSA) is 96.0 Å². The SMILES string of the molecule is COc1ccc(CN(C(=O)CN(c2ccc(C)cc2)S(=O)(=O)c2ccc(SC)cc2)[C@H](C)C(=O)NC2CCCCC2)cc1. The number of methoxy groups -OCH3 is 1. The number of ether oxygens (including phenoxy) is 1. The fourth-order valence-electron chi connectivity index (χ4n) is 5.19. The van der Waals surface area contributed by atoms with E-state index >= 15 is 0 Å². The Morgan fingerprint density at radius 1 is 0.953 bits per heavy atom. The van der Waals surface area contributed by atoms with Crippen LogP contribution in [0.25, 0.3) is 0 Å². The van der Waals surface area contributed by atoms with Crippen molar-refractivity contribution in [3.63, 3.8) is 0 Å². The first-order valence-corrected chi connectivity index (χ1v) is 17.2. The van der Waals surface area contributed by atoms with Gasteiger partial charge in [-0.1, -0.05) is 49.1 Å². The molecule has 0 spiro atoms. The molecule has 1 saturated carbocycles. The Morgan fingerprint density at radius 2 is 1.58 bits per heavy atom. The molecular formula is C33H41N3O5S2. The highest BCUT2D eigenvalue weighted by Gasteiger charge is 2.33. The molecule has 3 aromatic carbocycles. The molecule has 0 saturated heterocycles. The molecule has 43 heavy (non-hydrogen) atoms. The summed E-state index contributed by atoms with van der Waals surface area (Å²) >= 11 is 1.52. The number of sulfonamides is 1. The van der Waals surface area contributed by atoms with E-state index in [1.807, 2.05) is 37.4 Å². The molecule has 1 fully saturated rings. The van der Waals surface area contributed by atoms with Crippen LogP contribution in [0.1, 0.15) is 50.2 Å². The lowest BCUT2D eigenvalue weighted by Crippen LogP contribution is -2.53. The van der Waals surface area contributed by atoms with Gasteiger partial charge < -0.3 is 15.0 Å². The number of aryl methyl sites for hydroxylation is 1. The van der Waals surface area contributed by atoms with Gasteiger partial charge in [-0.3, -0.25) is 13.9 Å². The van der Waals surface area contributed by atoms with Crippen molar-refractivity contribution in [2.75, 3.05) is 24.2 Å². The zero-order valence-corrected chi connectivity index (χ0v) is 26.9. The van der Waals surface area contributed by atoms with Crippen LogP contribution in [0.3, 0.4) is 0 Å². The largest absolute Gasteiger partial charge is 0.497 e. The minimum atomic E-state index is -4.11. The molecule has 0 aromatic heterocycles. The van der Waals surface area contributed by atoms with E-state index in [9.17, 15) is 18.0 Å². The van der Waals surface area contributed by atoms with E-state index in [2.05, 4.69) is 5.32 Å².